The molecule has 1 aliphatic rings. The molecule has 4 rings (SSSR count). The average Bonchev–Trinajstić information content (AvgIpc) is 3.17. The van der Waals surface area contributed by atoms with Crippen LogP contribution in [0, 0.1) is 0 Å². The number of aromatic nitrogens is 2. The summed E-state index contributed by atoms with van der Waals surface area (Å²) >= 11 is 6.06. The highest BCUT2D eigenvalue weighted by atomic mass is 35.5. The van der Waals surface area contributed by atoms with E-state index in [0.29, 0.717) is 41.2 Å². The lowest BCUT2D eigenvalue weighted by molar-refractivity contribution is 0.0569. The van der Waals surface area contributed by atoms with Gasteiger partial charge in [0.25, 0.3) is 5.91 Å². The van der Waals surface area contributed by atoms with Crippen molar-refractivity contribution < 1.29 is 13.7 Å². The molecule has 3 aromatic rings. The van der Waals surface area contributed by atoms with Crippen molar-refractivity contribution >= 4 is 17.5 Å². The average molecular weight is 330 g/mol. The maximum Gasteiger partial charge on any atom is 0.255 e. The molecule has 1 aliphatic heterocycles. The highest BCUT2D eigenvalue weighted by Crippen LogP contribution is 2.30. The molecule has 0 radical (unpaired) electrons. The van der Waals surface area contributed by atoms with Crippen LogP contribution in [0.15, 0.2) is 51.6 Å². The topological polar surface area (TPSA) is 72.4 Å². The molecule has 0 N–H and O–H groups in total. The molecule has 1 amide bonds. The highest BCUT2D eigenvalue weighted by Gasteiger charge is 2.36. The van der Waals surface area contributed by atoms with E-state index in [1.165, 1.54) is 0 Å². The first kappa shape index (κ1) is 14.0. The minimum absolute atomic E-state index is 0.0395. The second-order valence-corrected chi connectivity index (χ2v) is 5.73. The normalized spacial score (nSPS) is 14.7. The molecule has 3 heterocycles. The van der Waals surface area contributed by atoms with E-state index in [4.69, 9.17) is 20.5 Å². The van der Waals surface area contributed by atoms with Gasteiger partial charge in [-0.3, -0.25) is 4.79 Å². The lowest BCUT2D eigenvalue weighted by Crippen LogP contribution is -2.48. The second kappa shape index (κ2) is 5.55. The van der Waals surface area contributed by atoms with Crippen molar-refractivity contribution in [2.75, 3.05) is 13.1 Å². The van der Waals surface area contributed by atoms with Crippen LogP contribution in [0.25, 0.3) is 11.6 Å². The third-order valence-electron chi connectivity index (χ3n) is 3.81. The number of carbonyl (C=O) groups excluding carboxylic acids is 1. The van der Waals surface area contributed by atoms with E-state index in [1.807, 2.05) is 0 Å². The van der Waals surface area contributed by atoms with Gasteiger partial charge < -0.3 is 13.8 Å². The smallest absolute Gasteiger partial charge is 0.255 e. The third-order valence-corrected chi connectivity index (χ3v) is 4.14. The molecule has 6 nitrogen and oxygen atoms in total. The number of benzene rings is 1. The number of halogens is 1. The van der Waals surface area contributed by atoms with Crippen LogP contribution in [0.3, 0.4) is 0 Å². The molecule has 1 fully saturated rings. The monoisotopic (exact) mass is 329 g/mol. The summed E-state index contributed by atoms with van der Waals surface area (Å²) in [7, 11) is 0. The Morgan fingerprint density at radius 2 is 2.04 bits per heavy atom. The Morgan fingerprint density at radius 1 is 1.22 bits per heavy atom. The molecule has 0 unspecified atom stereocenters. The third kappa shape index (κ3) is 2.51. The molecule has 2 aromatic heterocycles. The van der Waals surface area contributed by atoms with Crippen molar-refractivity contribution in [1.82, 2.24) is 15.0 Å². The van der Waals surface area contributed by atoms with Crippen LogP contribution < -0.4 is 0 Å². The van der Waals surface area contributed by atoms with Crippen molar-refractivity contribution in [3.05, 3.63) is 59.1 Å². The zero-order chi connectivity index (χ0) is 15.8. The first-order chi connectivity index (χ1) is 11.2. The van der Waals surface area contributed by atoms with Crippen molar-refractivity contribution in [3.63, 3.8) is 0 Å². The zero-order valence-electron chi connectivity index (χ0n) is 12.0. The van der Waals surface area contributed by atoms with Gasteiger partial charge in [-0.1, -0.05) is 28.9 Å². The van der Waals surface area contributed by atoms with Gasteiger partial charge in [0.05, 0.1) is 22.8 Å². The predicted molar refractivity (Wildman–Crippen MR) is 82.1 cm³/mol. The van der Waals surface area contributed by atoms with E-state index in [2.05, 4.69) is 10.1 Å². The van der Waals surface area contributed by atoms with Crippen molar-refractivity contribution in [3.8, 4) is 11.6 Å². The van der Waals surface area contributed by atoms with Crippen LogP contribution in [0.2, 0.25) is 5.02 Å². The summed E-state index contributed by atoms with van der Waals surface area (Å²) in [6, 6.07) is 10.6. The van der Waals surface area contributed by atoms with Crippen LogP contribution in [0.5, 0.6) is 0 Å². The largest absolute Gasteiger partial charge is 0.461 e. The number of amides is 1. The molecule has 7 heteroatoms. The Morgan fingerprint density at radius 3 is 2.78 bits per heavy atom. The van der Waals surface area contributed by atoms with Crippen molar-refractivity contribution in [1.29, 1.82) is 0 Å². The Balaban J connectivity index is 1.44. The molecular weight excluding hydrogens is 318 g/mol. The summed E-state index contributed by atoms with van der Waals surface area (Å²) in [5, 5.41) is 4.36. The number of hydrogen-bond donors (Lipinski definition) is 0. The van der Waals surface area contributed by atoms with Gasteiger partial charge in [0.1, 0.15) is 0 Å². The predicted octanol–water partition coefficient (Wildman–Crippen LogP) is 3.22. The number of nitrogens with zero attached hydrogens (tertiary/aromatic N) is 3. The van der Waals surface area contributed by atoms with Crippen LogP contribution in [-0.2, 0) is 0 Å². The van der Waals surface area contributed by atoms with Gasteiger partial charge in [-0.15, -0.1) is 0 Å². The van der Waals surface area contributed by atoms with Gasteiger partial charge in [-0.05, 0) is 24.3 Å². The quantitative estimate of drug-likeness (QED) is 0.737. The molecule has 0 aliphatic carbocycles. The Labute approximate surface area is 136 Å². The van der Waals surface area contributed by atoms with Gasteiger partial charge in [-0.2, -0.15) is 4.98 Å². The minimum Gasteiger partial charge on any atom is -0.461 e. The van der Waals surface area contributed by atoms with E-state index in [-0.39, 0.29) is 11.8 Å². The molecule has 0 atom stereocenters. The van der Waals surface area contributed by atoms with Gasteiger partial charge in [0.2, 0.25) is 11.7 Å². The standard InChI is InChI=1S/C16H12ClN3O3/c17-12-5-2-1-4-11(12)16(21)20-8-10(9-20)15-18-14(19-23-15)13-6-3-7-22-13/h1-7,10H,8-9H2. The van der Waals surface area contributed by atoms with Gasteiger partial charge in [-0.25, -0.2) is 0 Å². The van der Waals surface area contributed by atoms with Crippen LogP contribution in [0.1, 0.15) is 22.2 Å². The van der Waals surface area contributed by atoms with E-state index in [0.717, 1.165) is 0 Å². The van der Waals surface area contributed by atoms with Crippen molar-refractivity contribution in [2.45, 2.75) is 5.92 Å². The Kier molecular flexibility index (Phi) is 3.38. The second-order valence-electron chi connectivity index (χ2n) is 5.32. The lowest BCUT2D eigenvalue weighted by atomic mass is 9.99. The van der Waals surface area contributed by atoms with Gasteiger partial charge in [0.15, 0.2) is 5.76 Å². The molecule has 1 aromatic carbocycles. The molecule has 0 saturated carbocycles. The number of rotatable bonds is 3. The molecule has 23 heavy (non-hydrogen) atoms. The summed E-state index contributed by atoms with van der Waals surface area (Å²) in [6.07, 6.45) is 1.55. The fourth-order valence-corrected chi connectivity index (χ4v) is 2.73. The number of hydrogen-bond acceptors (Lipinski definition) is 5. The van der Waals surface area contributed by atoms with Gasteiger partial charge >= 0.3 is 0 Å². The van der Waals surface area contributed by atoms with E-state index in [1.54, 1.807) is 47.6 Å². The van der Waals surface area contributed by atoms with Crippen LogP contribution in [0.4, 0.5) is 0 Å². The van der Waals surface area contributed by atoms with Crippen LogP contribution >= 0.6 is 11.6 Å². The fourth-order valence-electron chi connectivity index (χ4n) is 2.51. The minimum atomic E-state index is -0.0855. The van der Waals surface area contributed by atoms with Gasteiger partial charge in [0, 0.05) is 13.1 Å². The molecule has 1 saturated heterocycles. The van der Waals surface area contributed by atoms with E-state index < -0.39 is 0 Å². The first-order valence-corrected chi connectivity index (χ1v) is 7.51. The number of likely N-dealkylation sites (tertiary alicyclic amines) is 1. The highest BCUT2D eigenvalue weighted by molar-refractivity contribution is 6.33. The fraction of sp³-hybridized carbons (Fsp3) is 0.188. The zero-order valence-corrected chi connectivity index (χ0v) is 12.7. The van der Waals surface area contributed by atoms with E-state index >= 15 is 0 Å². The Bertz CT molecular complexity index is 838. The van der Waals surface area contributed by atoms with E-state index in [9.17, 15) is 4.79 Å². The molecule has 0 bridgehead atoms. The summed E-state index contributed by atoms with van der Waals surface area (Å²) in [6.45, 7) is 1.06. The summed E-state index contributed by atoms with van der Waals surface area (Å²) < 4.78 is 10.5. The first-order valence-electron chi connectivity index (χ1n) is 7.13. The Hall–Kier alpha value is -2.60. The summed E-state index contributed by atoms with van der Waals surface area (Å²) in [4.78, 5) is 18.4. The molecule has 0 spiro atoms. The number of furan rings is 1. The number of carbonyl (C=O) groups is 1. The summed E-state index contributed by atoms with van der Waals surface area (Å²) in [5.74, 6) is 1.44. The molecular formula is C16H12ClN3O3. The maximum atomic E-state index is 12.4. The summed E-state index contributed by atoms with van der Waals surface area (Å²) in [5.41, 5.74) is 0.509. The SMILES string of the molecule is O=C(c1ccccc1Cl)N1CC(c2nc(-c3ccco3)no2)C1. The van der Waals surface area contributed by atoms with Crippen molar-refractivity contribution in [2.24, 2.45) is 0 Å². The maximum absolute atomic E-state index is 12.4. The lowest BCUT2D eigenvalue weighted by Gasteiger charge is -2.37. The van der Waals surface area contributed by atoms with Crippen LogP contribution in [-0.4, -0.2) is 34.0 Å². The molecule has 116 valence electrons.